The normalized spacial score (nSPS) is 8.14. The minimum Gasteiger partial charge on any atom is -0.270 e. The molecular formula is C13H29N. The first-order valence-corrected chi connectivity index (χ1v) is 5.14. The lowest BCUT2D eigenvalue weighted by Crippen LogP contribution is -1.66. The van der Waals surface area contributed by atoms with E-state index < -0.39 is 0 Å². The Morgan fingerprint density at radius 2 is 1.36 bits per heavy atom. The minimum atomic E-state index is 0.833. The molecule has 0 N–H and O–H groups in total. The van der Waals surface area contributed by atoms with Crippen molar-refractivity contribution in [2.45, 2.75) is 48.5 Å². The summed E-state index contributed by atoms with van der Waals surface area (Å²) in [5.41, 5.74) is 0.981. The maximum Gasteiger partial charge on any atom is 0.0322 e. The molecule has 0 atom stereocenters. The van der Waals surface area contributed by atoms with Gasteiger partial charge in [-0.15, -0.1) is 13.2 Å². The molecule has 0 unspecified atom stereocenters. The predicted molar refractivity (Wildman–Crippen MR) is 72.1 cm³/mol. The zero-order chi connectivity index (χ0) is 12.6. The van der Waals surface area contributed by atoms with Crippen molar-refractivity contribution in [2.75, 3.05) is 0 Å². The van der Waals surface area contributed by atoms with Crippen LogP contribution in [0.25, 0.3) is 0 Å². The Morgan fingerprint density at radius 3 is 1.36 bits per heavy atom. The van der Waals surface area contributed by atoms with Crippen LogP contribution in [0.2, 0.25) is 0 Å². The van der Waals surface area contributed by atoms with Crippen LogP contribution < -0.4 is 0 Å². The second kappa shape index (κ2) is 29.5. The van der Waals surface area contributed by atoms with Crippen molar-refractivity contribution >= 4 is 6.72 Å². The van der Waals surface area contributed by atoms with E-state index in [4.69, 9.17) is 0 Å². The summed E-state index contributed by atoms with van der Waals surface area (Å²) in [5.74, 6) is 0.833. The second-order valence-electron chi connectivity index (χ2n) is 2.82. The summed E-state index contributed by atoms with van der Waals surface area (Å²) in [5, 5.41) is 0. The third kappa shape index (κ3) is 116. The second-order valence-corrected chi connectivity index (χ2v) is 2.82. The molecule has 1 nitrogen and oxygen atoms in total. The summed E-state index contributed by atoms with van der Waals surface area (Å²) in [6, 6.07) is 0. The van der Waals surface area contributed by atoms with Gasteiger partial charge in [0.2, 0.25) is 0 Å². The highest BCUT2D eigenvalue weighted by Crippen LogP contribution is 1.87. The number of aliphatic imine (C=N–C) groups is 1. The third-order valence-electron chi connectivity index (χ3n) is 0.667. The predicted octanol–water partition coefficient (Wildman–Crippen LogP) is 5.10. The van der Waals surface area contributed by atoms with E-state index in [1.807, 2.05) is 33.8 Å². The Hall–Kier alpha value is -0.850. The molecule has 0 rings (SSSR count). The van der Waals surface area contributed by atoms with Crippen LogP contribution >= 0.6 is 0 Å². The summed E-state index contributed by atoms with van der Waals surface area (Å²) in [7, 11) is 0. The van der Waals surface area contributed by atoms with Gasteiger partial charge in [-0.2, -0.15) is 0 Å². The zero-order valence-electron chi connectivity index (χ0n) is 11.2. The third-order valence-corrected chi connectivity index (χ3v) is 0.667. The Labute approximate surface area is 91.7 Å². The first-order chi connectivity index (χ1) is 6.54. The highest BCUT2D eigenvalue weighted by atomic mass is 14.7. The van der Waals surface area contributed by atoms with Gasteiger partial charge in [0.15, 0.2) is 0 Å². The van der Waals surface area contributed by atoms with Crippen molar-refractivity contribution in [3.05, 3.63) is 24.9 Å². The molecule has 0 amide bonds. The van der Waals surface area contributed by atoms with Gasteiger partial charge in [0, 0.05) is 5.70 Å². The summed E-state index contributed by atoms with van der Waals surface area (Å²) >= 11 is 0. The Morgan fingerprint density at radius 1 is 1.14 bits per heavy atom. The molecule has 0 saturated heterocycles. The molecule has 14 heavy (non-hydrogen) atoms. The average molecular weight is 199 g/mol. The monoisotopic (exact) mass is 199 g/mol. The van der Waals surface area contributed by atoms with Gasteiger partial charge < -0.3 is 0 Å². The topological polar surface area (TPSA) is 12.4 Å². The lowest BCUT2D eigenvalue weighted by atomic mass is 10.3. The highest BCUT2D eigenvalue weighted by molar-refractivity contribution is 5.27. The molecule has 0 saturated carbocycles. The van der Waals surface area contributed by atoms with Gasteiger partial charge in [-0.05, 0) is 26.5 Å². The molecule has 0 aromatic heterocycles. The fourth-order valence-electron chi connectivity index (χ4n) is 0.0913. The van der Waals surface area contributed by atoms with E-state index in [1.54, 1.807) is 0 Å². The van der Waals surface area contributed by atoms with Crippen LogP contribution in [0.4, 0.5) is 0 Å². The molecule has 0 heterocycles. The van der Waals surface area contributed by atoms with E-state index >= 15 is 0 Å². The molecule has 86 valence electrons. The van der Waals surface area contributed by atoms with E-state index in [1.165, 1.54) is 0 Å². The first-order valence-electron chi connectivity index (χ1n) is 5.14. The fraction of sp³-hybridized carbons (Fsp3) is 0.615. The fourth-order valence-corrected chi connectivity index (χ4v) is 0.0913. The van der Waals surface area contributed by atoms with Gasteiger partial charge in [0.1, 0.15) is 0 Å². The SMILES string of the molecule is C=C.C=N/C(C)=C\C.CC.CC(C)C. The molecule has 0 spiro atoms. The molecule has 0 aromatic carbocycles. The summed E-state index contributed by atoms with van der Waals surface area (Å²) in [4.78, 5) is 3.62. The quantitative estimate of drug-likeness (QED) is 0.411. The van der Waals surface area contributed by atoms with Crippen LogP contribution in [-0.2, 0) is 0 Å². The summed E-state index contributed by atoms with van der Waals surface area (Å²) < 4.78 is 0. The summed E-state index contributed by atoms with van der Waals surface area (Å²) in [6.45, 7) is 23.7. The molecule has 0 bridgehead atoms. The number of rotatable bonds is 1. The van der Waals surface area contributed by atoms with Gasteiger partial charge in [0.25, 0.3) is 0 Å². The van der Waals surface area contributed by atoms with E-state index in [-0.39, 0.29) is 0 Å². The minimum absolute atomic E-state index is 0.833. The van der Waals surface area contributed by atoms with Crippen LogP contribution in [0.1, 0.15) is 48.5 Å². The van der Waals surface area contributed by atoms with Crippen molar-refractivity contribution in [3.63, 3.8) is 0 Å². The van der Waals surface area contributed by atoms with Crippen molar-refractivity contribution in [3.8, 4) is 0 Å². The van der Waals surface area contributed by atoms with Gasteiger partial charge in [0.05, 0.1) is 0 Å². The van der Waals surface area contributed by atoms with Gasteiger partial charge >= 0.3 is 0 Å². The zero-order valence-corrected chi connectivity index (χ0v) is 11.2. The molecule has 0 fully saturated rings. The van der Waals surface area contributed by atoms with E-state index in [9.17, 15) is 0 Å². The smallest absolute Gasteiger partial charge is 0.0322 e. The Kier molecular flexibility index (Phi) is 48.9. The standard InChI is InChI=1S/C5H9N.C4H10.C2H6.C2H4/c1-4-5(2)6-3;1-4(2)3;2*1-2/h4H,3H2,1-2H3;4H,1-3H3;1-2H3;1-2H2/b5-4-;;;. The van der Waals surface area contributed by atoms with E-state index in [0.29, 0.717) is 0 Å². The maximum atomic E-state index is 3.62. The van der Waals surface area contributed by atoms with Gasteiger partial charge in [-0.3, -0.25) is 4.99 Å². The van der Waals surface area contributed by atoms with Crippen LogP contribution in [-0.4, -0.2) is 6.72 Å². The van der Waals surface area contributed by atoms with Crippen LogP contribution in [0.15, 0.2) is 29.9 Å². The van der Waals surface area contributed by atoms with Crippen molar-refractivity contribution < 1.29 is 0 Å². The molecule has 0 aliphatic carbocycles. The molecule has 0 aliphatic rings. The molecule has 0 aliphatic heterocycles. The van der Waals surface area contributed by atoms with Crippen molar-refractivity contribution in [1.82, 2.24) is 0 Å². The first kappa shape index (κ1) is 23.2. The lowest BCUT2D eigenvalue weighted by Gasteiger charge is -1.79. The van der Waals surface area contributed by atoms with Gasteiger partial charge in [-0.25, -0.2) is 0 Å². The molecule has 1 heteroatoms. The largest absolute Gasteiger partial charge is 0.270 e. The molecule has 0 aromatic rings. The van der Waals surface area contributed by atoms with Crippen molar-refractivity contribution in [2.24, 2.45) is 10.9 Å². The Balaban J connectivity index is -0.0000000546. The molecule has 0 radical (unpaired) electrons. The van der Waals surface area contributed by atoms with E-state index in [0.717, 1.165) is 11.6 Å². The maximum absolute atomic E-state index is 3.62. The van der Waals surface area contributed by atoms with Crippen LogP contribution in [0.3, 0.4) is 0 Å². The summed E-state index contributed by atoms with van der Waals surface area (Å²) in [6.07, 6.45) is 1.91. The van der Waals surface area contributed by atoms with E-state index in [2.05, 4.69) is 45.6 Å². The van der Waals surface area contributed by atoms with Crippen LogP contribution in [0, 0.1) is 5.92 Å². The number of hydrogen-bond acceptors (Lipinski definition) is 1. The van der Waals surface area contributed by atoms with Crippen molar-refractivity contribution in [1.29, 1.82) is 0 Å². The number of hydrogen-bond donors (Lipinski definition) is 0. The lowest BCUT2D eigenvalue weighted by molar-refractivity contribution is 0.737. The average Bonchev–Trinajstić information content (AvgIpc) is 2.22. The number of nitrogens with zero attached hydrogens (tertiary/aromatic N) is 1. The van der Waals surface area contributed by atoms with Gasteiger partial charge in [-0.1, -0.05) is 40.7 Å². The Bertz CT molecular complexity index is 110. The highest BCUT2D eigenvalue weighted by Gasteiger charge is 1.68. The molecular weight excluding hydrogens is 170 g/mol. The van der Waals surface area contributed by atoms with Crippen LogP contribution in [0.5, 0.6) is 0 Å². The number of allylic oxidation sites excluding steroid dienone is 2.